The molecule has 1 aliphatic rings. The van der Waals surface area contributed by atoms with Gasteiger partial charge in [0.1, 0.15) is 11.6 Å². The van der Waals surface area contributed by atoms with E-state index in [1.807, 2.05) is 6.92 Å². The van der Waals surface area contributed by atoms with Crippen LogP contribution in [0.15, 0.2) is 33.4 Å². The lowest BCUT2D eigenvalue weighted by molar-refractivity contribution is 0.527. The van der Waals surface area contributed by atoms with Gasteiger partial charge in [0, 0.05) is 17.5 Å². The first-order valence-electron chi connectivity index (χ1n) is 5.36. The number of amidine groups is 1. The molecule has 0 spiro atoms. The molecule has 1 aromatic carbocycles. The fraction of sp³-hybridized carbons (Fsp3) is 0.364. The van der Waals surface area contributed by atoms with E-state index in [4.69, 9.17) is 16.3 Å². The largest absolute Gasteiger partial charge is 0.423 e. The van der Waals surface area contributed by atoms with E-state index in [1.165, 1.54) is 18.2 Å². The Morgan fingerprint density at radius 2 is 2.22 bits per heavy atom. The first-order chi connectivity index (χ1) is 8.50. The molecule has 2 rings (SSSR count). The number of azo groups is 1. The van der Waals surface area contributed by atoms with Gasteiger partial charge in [-0.2, -0.15) is 4.99 Å². The van der Waals surface area contributed by atoms with Crippen molar-refractivity contribution in [3.05, 3.63) is 29.0 Å². The van der Waals surface area contributed by atoms with Crippen molar-refractivity contribution in [2.75, 3.05) is 0 Å². The second kappa shape index (κ2) is 5.32. The molecule has 18 heavy (non-hydrogen) atoms. The quantitative estimate of drug-likeness (QED) is 0.592. The lowest BCUT2D eigenvalue weighted by Crippen LogP contribution is -2.12. The van der Waals surface area contributed by atoms with Gasteiger partial charge in [0.2, 0.25) is 4.57 Å². The summed E-state index contributed by atoms with van der Waals surface area (Å²) in [6.45, 7) is 2.01. The summed E-state index contributed by atoms with van der Waals surface area (Å²) in [5.41, 5.74) is 0. The molecule has 0 N–H and O–H groups in total. The van der Waals surface area contributed by atoms with E-state index in [-0.39, 0.29) is 16.8 Å². The molecule has 96 valence electrons. The zero-order chi connectivity index (χ0) is 13.2. The lowest BCUT2D eigenvalue weighted by atomic mass is 10.3. The summed E-state index contributed by atoms with van der Waals surface area (Å²) in [6.07, 6.45) is 1.60. The van der Waals surface area contributed by atoms with E-state index in [2.05, 4.69) is 31.2 Å². The summed E-state index contributed by atoms with van der Waals surface area (Å²) in [5, 5.41) is 8.02. The molecule has 1 aliphatic heterocycles. The molecule has 0 fully saturated rings. The molecule has 0 aromatic heterocycles. The second-order valence-corrected chi connectivity index (χ2v) is 5.48. The SMILES string of the molecule is CCCC1(Br)N=NC(Oc2cc(F)cc(Cl)c2)=N1. The van der Waals surface area contributed by atoms with Crippen LogP contribution in [0.1, 0.15) is 19.8 Å². The van der Waals surface area contributed by atoms with E-state index in [0.717, 1.165) is 6.42 Å². The molecule has 0 bridgehead atoms. The molecule has 0 radical (unpaired) electrons. The molecule has 0 saturated carbocycles. The Labute approximate surface area is 117 Å². The number of benzene rings is 1. The van der Waals surface area contributed by atoms with Crippen LogP contribution in [0.2, 0.25) is 5.02 Å². The topological polar surface area (TPSA) is 46.3 Å². The number of rotatable bonds is 3. The Morgan fingerprint density at radius 1 is 1.44 bits per heavy atom. The third-order valence-electron chi connectivity index (χ3n) is 2.17. The van der Waals surface area contributed by atoms with Crippen LogP contribution in [0.3, 0.4) is 0 Å². The van der Waals surface area contributed by atoms with Crippen LogP contribution in [0.25, 0.3) is 0 Å². The highest BCUT2D eigenvalue weighted by atomic mass is 79.9. The molecule has 0 aliphatic carbocycles. The monoisotopic (exact) mass is 333 g/mol. The average Bonchev–Trinajstić information content (AvgIpc) is 2.58. The van der Waals surface area contributed by atoms with Crippen molar-refractivity contribution in [3.63, 3.8) is 0 Å². The van der Waals surface area contributed by atoms with Crippen LogP contribution in [-0.4, -0.2) is 10.6 Å². The number of ether oxygens (including phenoxy) is 1. The summed E-state index contributed by atoms with van der Waals surface area (Å²) in [5.74, 6) is -0.238. The van der Waals surface area contributed by atoms with Gasteiger partial charge in [0.15, 0.2) is 0 Å². The fourth-order valence-corrected chi connectivity index (χ4v) is 2.31. The van der Waals surface area contributed by atoms with Crippen molar-refractivity contribution in [3.8, 4) is 5.75 Å². The van der Waals surface area contributed by atoms with Gasteiger partial charge < -0.3 is 4.74 Å². The third kappa shape index (κ3) is 3.26. The summed E-state index contributed by atoms with van der Waals surface area (Å²) >= 11 is 9.08. The molecule has 1 atom stereocenters. The first-order valence-corrected chi connectivity index (χ1v) is 6.53. The number of hydrogen-bond acceptors (Lipinski definition) is 4. The Morgan fingerprint density at radius 3 is 2.89 bits per heavy atom. The van der Waals surface area contributed by atoms with Crippen LogP contribution in [-0.2, 0) is 0 Å². The highest BCUT2D eigenvalue weighted by Gasteiger charge is 2.30. The molecule has 1 aromatic rings. The van der Waals surface area contributed by atoms with Crippen molar-refractivity contribution in [2.45, 2.75) is 24.3 Å². The van der Waals surface area contributed by atoms with Crippen LogP contribution in [0.5, 0.6) is 5.75 Å². The maximum Gasteiger partial charge on any atom is 0.339 e. The van der Waals surface area contributed by atoms with Crippen molar-refractivity contribution in [2.24, 2.45) is 15.2 Å². The summed E-state index contributed by atoms with van der Waals surface area (Å²) in [6, 6.07) is 3.97. The maximum absolute atomic E-state index is 13.1. The predicted molar refractivity (Wildman–Crippen MR) is 70.9 cm³/mol. The first kappa shape index (κ1) is 13.4. The fourth-order valence-electron chi connectivity index (χ4n) is 1.47. The minimum atomic E-state index is -0.756. The number of hydrogen-bond donors (Lipinski definition) is 0. The maximum atomic E-state index is 13.1. The molecular formula is C11H10BrClFN3O. The zero-order valence-corrected chi connectivity index (χ0v) is 11.9. The van der Waals surface area contributed by atoms with Crippen LogP contribution in [0.4, 0.5) is 4.39 Å². The van der Waals surface area contributed by atoms with Crippen LogP contribution >= 0.6 is 27.5 Å². The number of nitrogens with zero attached hydrogens (tertiary/aromatic N) is 3. The Bertz CT molecular complexity index is 503. The van der Waals surface area contributed by atoms with Crippen molar-refractivity contribution < 1.29 is 9.13 Å². The lowest BCUT2D eigenvalue weighted by Gasteiger charge is -2.10. The normalized spacial score (nSPS) is 22.1. The van der Waals surface area contributed by atoms with E-state index < -0.39 is 10.4 Å². The van der Waals surface area contributed by atoms with Gasteiger partial charge in [-0.25, -0.2) is 4.39 Å². The Kier molecular flexibility index (Phi) is 3.97. The minimum absolute atomic E-state index is 0.0852. The molecule has 4 nitrogen and oxygen atoms in total. The van der Waals surface area contributed by atoms with Crippen molar-refractivity contribution >= 4 is 33.6 Å². The Balaban J connectivity index is 2.14. The molecular weight excluding hydrogens is 324 g/mol. The van der Waals surface area contributed by atoms with E-state index in [0.29, 0.717) is 6.42 Å². The molecule has 1 unspecified atom stereocenters. The number of alkyl halides is 1. The van der Waals surface area contributed by atoms with E-state index in [1.54, 1.807) is 0 Å². The number of aliphatic imine (C=N–C) groups is 1. The summed E-state index contributed by atoms with van der Waals surface area (Å²) in [4.78, 5) is 4.18. The van der Waals surface area contributed by atoms with Gasteiger partial charge in [0.05, 0.1) is 0 Å². The smallest absolute Gasteiger partial charge is 0.339 e. The van der Waals surface area contributed by atoms with Crippen molar-refractivity contribution in [1.29, 1.82) is 0 Å². The molecule has 0 saturated heterocycles. The zero-order valence-electron chi connectivity index (χ0n) is 9.53. The van der Waals surface area contributed by atoms with Gasteiger partial charge >= 0.3 is 6.02 Å². The average molecular weight is 335 g/mol. The van der Waals surface area contributed by atoms with Gasteiger partial charge in [-0.1, -0.05) is 30.1 Å². The standard InChI is InChI=1S/C11H10BrClFN3O/c1-2-3-11(12)15-10(16-17-11)18-9-5-7(13)4-8(14)6-9/h4-6H,2-3H2,1H3. The predicted octanol–water partition coefficient (Wildman–Crippen LogP) is 4.53. The van der Waals surface area contributed by atoms with E-state index >= 15 is 0 Å². The number of halogens is 3. The second-order valence-electron chi connectivity index (χ2n) is 3.77. The summed E-state index contributed by atoms with van der Waals surface area (Å²) in [7, 11) is 0. The van der Waals surface area contributed by atoms with Gasteiger partial charge in [-0.05, 0) is 28.1 Å². The summed E-state index contributed by atoms with van der Waals surface area (Å²) < 4.78 is 17.7. The van der Waals surface area contributed by atoms with Crippen LogP contribution in [0, 0.1) is 5.82 Å². The third-order valence-corrected chi connectivity index (χ3v) is 3.12. The van der Waals surface area contributed by atoms with Gasteiger partial charge in [0.25, 0.3) is 0 Å². The Hall–Kier alpha value is -1.01. The van der Waals surface area contributed by atoms with Crippen LogP contribution < -0.4 is 4.74 Å². The molecule has 0 amide bonds. The van der Waals surface area contributed by atoms with Gasteiger partial charge in [-0.3, -0.25) is 0 Å². The highest BCUT2D eigenvalue weighted by Crippen LogP contribution is 2.32. The highest BCUT2D eigenvalue weighted by molar-refractivity contribution is 9.10. The van der Waals surface area contributed by atoms with Gasteiger partial charge in [-0.15, -0.1) is 5.11 Å². The minimum Gasteiger partial charge on any atom is -0.423 e. The van der Waals surface area contributed by atoms with Crippen molar-refractivity contribution in [1.82, 2.24) is 0 Å². The molecule has 7 heteroatoms. The molecule has 1 heterocycles. The van der Waals surface area contributed by atoms with E-state index in [9.17, 15) is 4.39 Å².